The van der Waals surface area contributed by atoms with Crippen LogP contribution in [0.1, 0.15) is 44.0 Å². The minimum atomic E-state index is 0.224. The van der Waals surface area contributed by atoms with Crippen LogP contribution in [0.4, 0.5) is 10.8 Å². The van der Waals surface area contributed by atoms with Crippen molar-refractivity contribution < 1.29 is 0 Å². The molecule has 0 amide bonds. The lowest BCUT2D eigenvalue weighted by molar-refractivity contribution is 0.294. The SMILES string of the molecule is C=C(Cc1csc(N)n1)Nc1ccc(CCN(CCc2ccccc2)C(=C)CC(C)(C)C)cc1. The van der Waals surface area contributed by atoms with Crippen molar-refractivity contribution in [2.45, 2.75) is 46.5 Å². The van der Waals surface area contributed by atoms with Crippen molar-refractivity contribution >= 4 is 22.2 Å². The zero-order valence-electron chi connectivity index (χ0n) is 20.8. The van der Waals surface area contributed by atoms with Gasteiger partial charge in [0.15, 0.2) is 5.13 Å². The fourth-order valence-corrected chi connectivity index (χ4v) is 4.51. The lowest BCUT2D eigenvalue weighted by Crippen LogP contribution is -2.29. The van der Waals surface area contributed by atoms with Crippen molar-refractivity contribution in [3.63, 3.8) is 0 Å². The van der Waals surface area contributed by atoms with Crippen LogP contribution in [-0.2, 0) is 19.3 Å². The number of rotatable bonds is 12. The Balaban J connectivity index is 1.55. The summed E-state index contributed by atoms with van der Waals surface area (Å²) in [7, 11) is 0. The van der Waals surface area contributed by atoms with E-state index in [-0.39, 0.29) is 5.41 Å². The molecule has 0 spiro atoms. The molecule has 0 radical (unpaired) electrons. The van der Waals surface area contributed by atoms with E-state index in [0.717, 1.165) is 49.4 Å². The van der Waals surface area contributed by atoms with Gasteiger partial charge in [0, 0.05) is 42.0 Å². The lowest BCUT2D eigenvalue weighted by atomic mass is 9.90. The van der Waals surface area contributed by atoms with Crippen LogP contribution in [0.5, 0.6) is 0 Å². The molecule has 0 saturated heterocycles. The van der Waals surface area contributed by atoms with Gasteiger partial charge in [0.05, 0.1) is 5.69 Å². The molecular weight excluding hydrogens is 436 g/mol. The van der Waals surface area contributed by atoms with Gasteiger partial charge < -0.3 is 16.0 Å². The zero-order chi connectivity index (χ0) is 24.6. The summed E-state index contributed by atoms with van der Waals surface area (Å²) in [6.45, 7) is 17.3. The number of hydrogen-bond acceptors (Lipinski definition) is 5. The van der Waals surface area contributed by atoms with Gasteiger partial charge in [0.1, 0.15) is 0 Å². The van der Waals surface area contributed by atoms with Crippen LogP contribution in [0.15, 0.2) is 84.5 Å². The van der Waals surface area contributed by atoms with Crippen molar-refractivity contribution in [2.24, 2.45) is 5.41 Å². The zero-order valence-corrected chi connectivity index (χ0v) is 21.6. The summed E-state index contributed by atoms with van der Waals surface area (Å²) in [6, 6.07) is 19.3. The molecule has 0 fully saturated rings. The number of benzene rings is 2. The summed E-state index contributed by atoms with van der Waals surface area (Å²) < 4.78 is 0. The Hall–Kier alpha value is -3.05. The maximum atomic E-state index is 5.72. The molecule has 0 bridgehead atoms. The number of aromatic nitrogens is 1. The molecule has 3 N–H and O–H groups in total. The summed E-state index contributed by atoms with van der Waals surface area (Å²) in [5.74, 6) is 0. The summed E-state index contributed by atoms with van der Waals surface area (Å²) in [4.78, 5) is 6.77. The lowest BCUT2D eigenvalue weighted by Gasteiger charge is -2.31. The quantitative estimate of drug-likeness (QED) is 0.299. The molecule has 2 aromatic carbocycles. The molecule has 0 aliphatic rings. The first-order chi connectivity index (χ1) is 16.2. The number of nitrogen functional groups attached to an aromatic ring is 1. The number of nitrogens with zero attached hydrogens (tertiary/aromatic N) is 2. The second-order valence-electron chi connectivity index (χ2n) is 10.1. The Morgan fingerprint density at radius 2 is 1.59 bits per heavy atom. The largest absolute Gasteiger partial charge is 0.375 e. The predicted octanol–water partition coefficient (Wildman–Crippen LogP) is 6.93. The van der Waals surface area contributed by atoms with Gasteiger partial charge in [-0.1, -0.05) is 76.4 Å². The average molecular weight is 475 g/mol. The van der Waals surface area contributed by atoms with Gasteiger partial charge in [-0.3, -0.25) is 0 Å². The fraction of sp³-hybridized carbons (Fsp3) is 0.345. The third-order valence-electron chi connectivity index (χ3n) is 5.60. The van der Waals surface area contributed by atoms with E-state index >= 15 is 0 Å². The maximum absolute atomic E-state index is 5.72. The van der Waals surface area contributed by atoms with Crippen molar-refractivity contribution in [1.82, 2.24) is 9.88 Å². The number of anilines is 2. The van der Waals surface area contributed by atoms with E-state index in [9.17, 15) is 0 Å². The molecule has 3 aromatic rings. The Kier molecular flexibility index (Phi) is 8.94. The fourth-order valence-electron chi connectivity index (χ4n) is 3.95. The highest BCUT2D eigenvalue weighted by molar-refractivity contribution is 7.13. The Labute approximate surface area is 209 Å². The molecule has 180 valence electrons. The highest BCUT2D eigenvalue weighted by atomic mass is 32.1. The molecule has 0 unspecified atom stereocenters. The second-order valence-corrected chi connectivity index (χ2v) is 10.9. The van der Waals surface area contributed by atoms with Gasteiger partial charge in [-0.15, -0.1) is 11.3 Å². The van der Waals surface area contributed by atoms with Gasteiger partial charge in [0.2, 0.25) is 0 Å². The highest BCUT2D eigenvalue weighted by Gasteiger charge is 2.16. The first-order valence-corrected chi connectivity index (χ1v) is 12.8. The van der Waals surface area contributed by atoms with Crippen molar-refractivity contribution in [2.75, 3.05) is 24.1 Å². The maximum Gasteiger partial charge on any atom is 0.180 e. The molecule has 0 atom stereocenters. The molecule has 5 heteroatoms. The molecule has 0 aliphatic heterocycles. The Morgan fingerprint density at radius 1 is 0.971 bits per heavy atom. The minimum Gasteiger partial charge on any atom is -0.375 e. The third kappa shape index (κ3) is 8.71. The van der Waals surface area contributed by atoms with Crippen LogP contribution < -0.4 is 11.1 Å². The normalized spacial score (nSPS) is 11.3. The van der Waals surface area contributed by atoms with Crippen LogP contribution in [0.2, 0.25) is 0 Å². The molecular formula is C29H38N4S. The van der Waals surface area contributed by atoms with E-state index in [4.69, 9.17) is 5.73 Å². The molecule has 0 saturated carbocycles. The highest BCUT2D eigenvalue weighted by Crippen LogP contribution is 2.26. The minimum absolute atomic E-state index is 0.224. The number of thiazole rings is 1. The summed E-state index contributed by atoms with van der Waals surface area (Å²) >= 11 is 1.46. The van der Waals surface area contributed by atoms with Gasteiger partial charge in [0.25, 0.3) is 0 Å². The number of nitrogens with two attached hydrogens (primary N) is 1. The van der Waals surface area contributed by atoms with Crippen molar-refractivity contribution in [3.8, 4) is 0 Å². The van der Waals surface area contributed by atoms with E-state index in [1.165, 1.54) is 28.2 Å². The second kappa shape index (κ2) is 11.9. The van der Waals surface area contributed by atoms with Crippen molar-refractivity contribution in [1.29, 1.82) is 0 Å². The van der Waals surface area contributed by atoms with Crippen LogP contribution in [-0.4, -0.2) is 23.0 Å². The van der Waals surface area contributed by atoms with E-state index in [2.05, 4.69) is 104 Å². The Morgan fingerprint density at radius 3 is 2.15 bits per heavy atom. The summed E-state index contributed by atoms with van der Waals surface area (Å²) in [5.41, 5.74) is 12.7. The van der Waals surface area contributed by atoms with E-state index in [1.54, 1.807) is 0 Å². The first kappa shape index (κ1) is 25.6. The molecule has 0 aliphatic carbocycles. The van der Waals surface area contributed by atoms with Crippen LogP contribution in [0.25, 0.3) is 0 Å². The van der Waals surface area contributed by atoms with Crippen LogP contribution in [0, 0.1) is 5.41 Å². The number of hydrogen-bond donors (Lipinski definition) is 2. The monoisotopic (exact) mass is 474 g/mol. The smallest absolute Gasteiger partial charge is 0.180 e. The molecule has 34 heavy (non-hydrogen) atoms. The van der Waals surface area contributed by atoms with Crippen LogP contribution in [0.3, 0.4) is 0 Å². The van der Waals surface area contributed by atoms with Gasteiger partial charge in [-0.2, -0.15) is 0 Å². The van der Waals surface area contributed by atoms with E-state index in [1.807, 2.05) is 5.38 Å². The summed E-state index contributed by atoms with van der Waals surface area (Å²) in [5, 5.41) is 5.95. The average Bonchev–Trinajstić information content (AvgIpc) is 3.18. The first-order valence-electron chi connectivity index (χ1n) is 11.9. The molecule has 1 heterocycles. The molecule has 1 aromatic heterocycles. The summed E-state index contributed by atoms with van der Waals surface area (Å²) in [6.07, 6.45) is 3.68. The van der Waals surface area contributed by atoms with Crippen LogP contribution >= 0.6 is 11.3 Å². The van der Waals surface area contributed by atoms with E-state index in [0.29, 0.717) is 11.6 Å². The number of allylic oxidation sites excluding steroid dienone is 2. The third-order valence-corrected chi connectivity index (χ3v) is 6.33. The predicted molar refractivity (Wildman–Crippen MR) is 148 cm³/mol. The molecule has 3 rings (SSSR count). The Bertz CT molecular complexity index is 1060. The topological polar surface area (TPSA) is 54.2 Å². The van der Waals surface area contributed by atoms with E-state index < -0.39 is 0 Å². The van der Waals surface area contributed by atoms with Gasteiger partial charge in [-0.05, 0) is 47.9 Å². The van der Waals surface area contributed by atoms with Crippen molar-refractivity contribution in [3.05, 3.63) is 101 Å². The molecule has 4 nitrogen and oxygen atoms in total. The number of nitrogens with one attached hydrogen (secondary N) is 1. The van der Waals surface area contributed by atoms with Gasteiger partial charge >= 0.3 is 0 Å². The van der Waals surface area contributed by atoms with Gasteiger partial charge in [-0.25, -0.2) is 4.98 Å². The standard InChI is InChI=1S/C29H38N4S/c1-22(19-27-21-34-28(30)32-27)31-26-13-11-25(12-14-26)16-18-33(23(2)20-29(3,4)5)17-15-24-9-7-6-8-10-24/h6-14,21,31H,1-2,15-20H2,3-5H3,(H2,30,32).